The molecule has 4 aromatic carbocycles. The van der Waals surface area contributed by atoms with Crippen LogP contribution >= 0.6 is 0 Å². The first-order chi connectivity index (χ1) is 24.5. The van der Waals surface area contributed by atoms with E-state index in [1.807, 2.05) is 0 Å². The number of carboxylic acids is 2. The summed E-state index contributed by atoms with van der Waals surface area (Å²) in [6.07, 6.45) is -0.867. The molecule has 0 heterocycles. The highest BCUT2D eigenvalue weighted by molar-refractivity contribution is 5.98. The molecule has 1 atom stereocenters. The summed E-state index contributed by atoms with van der Waals surface area (Å²) >= 11 is 0. The van der Waals surface area contributed by atoms with Gasteiger partial charge in [0.25, 0.3) is 5.91 Å². The Balaban J connectivity index is 1.34. The molecule has 51 heavy (non-hydrogen) atoms. The topological polar surface area (TPSA) is 227 Å². The van der Waals surface area contributed by atoms with Crippen molar-refractivity contribution in [3.63, 3.8) is 0 Å². The van der Waals surface area contributed by atoms with Gasteiger partial charge in [-0.05, 0) is 48.5 Å². The monoisotopic (exact) mass is 700 g/mol. The van der Waals surface area contributed by atoms with Crippen LogP contribution in [0, 0.1) is 0 Å². The van der Waals surface area contributed by atoms with E-state index in [9.17, 15) is 33.9 Å². The van der Waals surface area contributed by atoms with E-state index in [0.29, 0.717) is 5.56 Å². The molecule has 0 saturated heterocycles. The van der Waals surface area contributed by atoms with Gasteiger partial charge in [-0.3, -0.25) is 14.4 Å². The van der Waals surface area contributed by atoms with Gasteiger partial charge in [-0.25, -0.2) is 14.4 Å². The highest BCUT2D eigenvalue weighted by Crippen LogP contribution is 2.26. The lowest BCUT2D eigenvalue weighted by Crippen LogP contribution is -2.42. The molecule has 0 aliphatic heterocycles. The molecule has 15 heteroatoms. The van der Waals surface area contributed by atoms with E-state index in [-0.39, 0.29) is 66.1 Å². The Labute approximate surface area is 290 Å². The molecular weight excluding hydrogens is 668 g/mol. The number of rotatable bonds is 18. The average molecular weight is 701 g/mol. The number of amides is 2. The molecule has 0 fully saturated rings. The van der Waals surface area contributed by atoms with Crippen molar-refractivity contribution in [2.45, 2.75) is 12.5 Å². The summed E-state index contributed by atoms with van der Waals surface area (Å²) in [5.41, 5.74) is 5.85. The fraction of sp³-hybridized carbons (Fsp3) is 0.167. The average Bonchev–Trinajstić information content (AvgIpc) is 3.11. The van der Waals surface area contributed by atoms with E-state index in [0.717, 1.165) is 0 Å². The van der Waals surface area contributed by atoms with Crippen LogP contribution in [0.3, 0.4) is 0 Å². The van der Waals surface area contributed by atoms with Crippen molar-refractivity contribution < 1.29 is 62.7 Å². The summed E-state index contributed by atoms with van der Waals surface area (Å²) in [6.45, 7) is 0.0565. The minimum absolute atomic E-state index is 0.0185. The second-order valence-corrected chi connectivity index (χ2v) is 10.5. The van der Waals surface area contributed by atoms with Gasteiger partial charge in [0.05, 0.1) is 30.8 Å². The number of carbonyl (C=O) groups is 6. The van der Waals surface area contributed by atoms with Gasteiger partial charge in [0.2, 0.25) is 5.91 Å². The Morgan fingerprint density at radius 2 is 1.04 bits per heavy atom. The Hall–Kier alpha value is -6.74. The number of carboxylic acid groups (broad SMARTS) is 2. The van der Waals surface area contributed by atoms with Crippen molar-refractivity contribution in [1.29, 1.82) is 0 Å². The minimum Gasteiger partial charge on any atom is -0.491 e. The molecule has 4 rings (SSSR count). The van der Waals surface area contributed by atoms with E-state index in [1.165, 1.54) is 48.5 Å². The molecule has 0 unspecified atom stereocenters. The van der Waals surface area contributed by atoms with Gasteiger partial charge in [0.1, 0.15) is 42.3 Å². The highest BCUT2D eigenvalue weighted by atomic mass is 16.6. The van der Waals surface area contributed by atoms with Gasteiger partial charge in [-0.15, -0.1) is 0 Å². The van der Waals surface area contributed by atoms with Crippen LogP contribution in [0.2, 0.25) is 0 Å². The van der Waals surface area contributed by atoms with Gasteiger partial charge >= 0.3 is 23.9 Å². The van der Waals surface area contributed by atoms with Crippen molar-refractivity contribution in [1.82, 2.24) is 5.32 Å². The second kappa shape index (κ2) is 18.1. The van der Waals surface area contributed by atoms with Crippen molar-refractivity contribution in [3.05, 3.63) is 119 Å². The van der Waals surface area contributed by atoms with Gasteiger partial charge in [0, 0.05) is 23.3 Å². The van der Waals surface area contributed by atoms with Gasteiger partial charge in [-0.1, -0.05) is 36.4 Å². The molecule has 0 bridgehead atoms. The first kappa shape index (κ1) is 37.1. The van der Waals surface area contributed by atoms with Crippen LogP contribution in [-0.2, 0) is 14.3 Å². The molecule has 15 nitrogen and oxygen atoms in total. The third-order valence-electron chi connectivity index (χ3n) is 6.72. The largest absolute Gasteiger partial charge is 0.491 e. The van der Waals surface area contributed by atoms with Gasteiger partial charge in [-0.2, -0.15) is 0 Å². The van der Waals surface area contributed by atoms with Crippen molar-refractivity contribution in [3.8, 4) is 23.0 Å². The maximum atomic E-state index is 12.9. The standard InChI is InChI=1S/C36H32N2O13/c37-32(41)24-15-26(19-28(16-24)50-35(45)22-7-3-1-4-8-22)48-13-11-47-12-14-49-27-17-25(33(42)38-30(34(43)44)21-31(39)40)18-29(20-27)51-36(46)23-9-5-2-6-10-23/h1-10,15-20,30H,11-14,21H2,(H2,37,41)(H,38,42)(H,39,40)(H,43,44)/t30-/m1/s1. The van der Waals surface area contributed by atoms with Gasteiger partial charge in [0.15, 0.2) is 0 Å². The molecule has 0 aliphatic rings. The first-order valence-electron chi connectivity index (χ1n) is 15.2. The zero-order chi connectivity index (χ0) is 36.8. The van der Waals surface area contributed by atoms with Crippen molar-refractivity contribution in [2.75, 3.05) is 26.4 Å². The van der Waals surface area contributed by atoms with Crippen LogP contribution in [0.4, 0.5) is 0 Å². The third kappa shape index (κ3) is 11.7. The lowest BCUT2D eigenvalue weighted by atomic mass is 10.1. The third-order valence-corrected chi connectivity index (χ3v) is 6.72. The summed E-state index contributed by atoms with van der Waals surface area (Å²) in [5.74, 6) is -5.86. The van der Waals surface area contributed by atoms with Crippen molar-refractivity contribution in [2.24, 2.45) is 5.73 Å². The molecule has 5 N–H and O–H groups in total. The fourth-order valence-corrected chi connectivity index (χ4v) is 4.34. The van der Waals surface area contributed by atoms with Crippen LogP contribution in [0.5, 0.6) is 23.0 Å². The number of hydrogen-bond acceptors (Lipinski definition) is 11. The highest BCUT2D eigenvalue weighted by Gasteiger charge is 2.24. The molecule has 264 valence electrons. The number of nitrogens with one attached hydrogen (secondary N) is 1. The molecule has 0 saturated carbocycles. The normalized spacial score (nSPS) is 11.1. The van der Waals surface area contributed by atoms with Gasteiger partial charge < -0.3 is 44.9 Å². The quantitative estimate of drug-likeness (QED) is 0.0664. The maximum absolute atomic E-state index is 12.9. The van der Waals surface area contributed by atoms with E-state index < -0.39 is 48.2 Å². The predicted molar refractivity (Wildman–Crippen MR) is 177 cm³/mol. The summed E-state index contributed by atoms with van der Waals surface area (Å²) in [6, 6.07) is 22.4. The minimum atomic E-state index is -1.72. The Morgan fingerprint density at radius 1 is 0.588 bits per heavy atom. The summed E-state index contributed by atoms with van der Waals surface area (Å²) in [4.78, 5) is 72.4. The maximum Gasteiger partial charge on any atom is 0.343 e. The fourth-order valence-electron chi connectivity index (χ4n) is 4.34. The molecular formula is C36H32N2O13. The number of hydrogen-bond donors (Lipinski definition) is 4. The number of aliphatic carboxylic acids is 2. The Kier molecular flexibility index (Phi) is 13.2. The summed E-state index contributed by atoms with van der Waals surface area (Å²) in [7, 11) is 0. The summed E-state index contributed by atoms with van der Waals surface area (Å²) < 4.78 is 27.7. The Bertz CT molecular complexity index is 1880. The predicted octanol–water partition coefficient (Wildman–Crippen LogP) is 3.36. The number of primary amides is 1. The lowest BCUT2D eigenvalue weighted by molar-refractivity contribution is -0.145. The SMILES string of the molecule is NC(=O)c1cc(OCCOCCOc2cc(OC(=O)c3ccccc3)cc(C(=O)N[C@H](CC(=O)O)C(=O)O)c2)cc(OC(=O)c2ccccc2)c1. The number of carbonyl (C=O) groups excluding carboxylic acids is 4. The van der Waals surface area contributed by atoms with E-state index in [1.54, 1.807) is 48.5 Å². The number of esters is 2. The molecule has 0 spiro atoms. The number of benzene rings is 4. The summed E-state index contributed by atoms with van der Waals surface area (Å²) in [5, 5.41) is 20.5. The molecule has 4 aromatic rings. The molecule has 0 aromatic heterocycles. The van der Waals surface area contributed by atoms with Crippen LogP contribution < -0.4 is 30.0 Å². The van der Waals surface area contributed by atoms with Crippen molar-refractivity contribution >= 4 is 35.7 Å². The van der Waals surface area contributed by atoms with E-state index >= 15 is 0 Å². The molecule has 2 amide bonds. The van der Waals surface area contributed by atoms with Crippen LogP contribution in [-0.4, -0.2) is 78.4 Å². The first-order valence-corrected chi connectivity index (χ1v) is 15.2. The molecule has 0 radical (unpaired) electrons. The zero-order valence-corrected chi connectivity index (χ0v) is 26.8. The lowest BCUT2D eigenvalue weighted by Gasteiger charge is -2.15. The number of ether oxygens (including phenoxy) is 5. The van der Waals surface area contributed by atoms with Crippen LogP contribution in [0.1, 0.15) is 47.9 Å². The van der Waals surface area contributed by atoms with E-state index in [4.69, 9.17) is 34.5 Å². The Morgan fingerprint density at radius 3 is 1.49 bits per heavy atom. The van der Waals surface area contributed by atoms with Crippen LogP contribution in [0.15, 0.2) is 97.1 Å². The number of nitrogens with two attached hydrogens (primary N) is 1. The van der Waals surface area contributed by atoms with E-state index in [2.05, 4.69) is 5.32 Å². The second-order valence-electron chi connectivity index (χ2n) is 10.5. The molecule has 0 aliphatic carbocycles. The van der Waals surface area contributed by atoms with Crippen LogP contribution in [0.25, 0.3) is 0 Å². The zero-order valence-electron chi connectivity index (χ0n) is 26.8. The smallest absolute Gasteiger partial charge is 0.343 e.